The standard InChI is InChI=1S/C19H31N5/c1-16-13-21-8-5-18(16)6-9-22-19(20-2)24-12-7-17(15-24)14-23-10-3-4-11-23/h5,8,13,17H,3-4,6-7,9-12,14-15H2,1-2H3,(H,20,22). The average Bonchev–Trinajstić information content (AvgIpc) is 3.26. The van der Waals surface area contributed by atoms with E-state index in [9.17, 15) is 0 Å². The maximum absolute atomic E-state index is 4.50. The van der Waals surface area contributed by atoms with E-state index in [0.717, 1.165) is 37.9 Å². The zero-order valence-electron chi connectivity index (χ0n) is 15.2. The van der Waals surface area contributed by atoms with Crippen LogP contribution < -0.4 is 5.32 Å². The second kappa shape index (κ2) is 8.47. The van der Waals surface area contributed by atoms with Crippen molar-refractivity contribution in [1.29, 1.82) is 0 Å². The second-order valence-corrected chi connectivity index (χ2v) is 7.13. The summed E-state index contributed by atoms with van der Waals surface area (Å²) < 4.78 is 0. The number of likely N-dealkylation sites (tertiary alicyclic amines) is 2. The fraction of sp³-hybridized carbons (Fsp3) is 0.684. The summed E-state index contributed by atoms with van der Waals surface area (Å²) in [5.74, 6) is 1.86. The van der Waals surface area contributed by atoms with Gasteiger partial charge in [-0.1, -0.05) is 0 Å². The van der Waals surface area contributed by atoms with Gasteiger partial charge in [0.15, 0.2) is 5.96 Å². The molecule has 5 heteroatoms. The number of hydrogen-bond acceptors (Lipinski definition) is 3. The molecule has 3 heterocycles. The Kier molecular flexibility index (Phi) is 6.07. The van der Waals surface area contributed by atoms with E-state index in [1.807, 2.05) is 19.4 Å². The predicted molar refractivity (Wildman–Crippen MR) is 99.4 cm³/mol. The Morgan fingerprint density at radius 3 is 2.92 bits per heavy atom. The van der Waals surface area contributed by atoms with Crippen LogP contribution in [0.15, 0.2) is 23.5 Å². The number of rotatable bonds is 5. The van der Waals surface area contributed by atoms with Crippen LogP contribution in [-0.2, 0) is 6.42 Å². The van der Waals surface area contributed by atoms with E-state index in [0.29, 0.717) is 0 Å². The van der Waals surface area contributed by atoms with Gasteiger partial charge >= 0.3 is 0 Å². The van der Waals surface area contributed by atoms with Crippen molar-refractivity contribution < 1.29 is 0 Å². The fourth-order valence-corrected chi connectivity index (χ4v) is 3.93. The molecule has 0 amide bonds. The number of nitrogens with one attached hydrogen (secondary N) is 1. The predicted octanol–water partition coefficient (Wildman–Crippen LogP) is 1.93. The third-order valence-corrected chi connectivity index (χ3v) is 5.33. The largest absolute Gasteiger partial charge is 0.356 e. The number of aliphatic imine (C=N–C) groups is 1. The molecule has 3 rings (SSSR count). The van der Waals surface area contributed by atoms with Gasteiger partial charge in [-0.3, -0.25) is 9.98 Å². The Morgan fingerprint density at radius 2 is 2.17 bits per heavy atom. The van der Waals surface area contributed by atoms with Gasteiger partial charge in [0, 0.05) is 45.6 Å². The molecular formula is C19H31N5. The number of nitrogens with zero attached hydrogens (tertiary/aromatic N) is 4. The number of hydrogen-bond donors (Lipinski definition) is 1. The lowest BCUT2D eigenvalue weighted by Gasteiger charge is -2.23. The van der Waals surface area contributed by atoms with Crippen LogP contribution in [0, 0.1) is 12.8 Å². The van der Waals surface area contributed by atoms with E-state index in [1.165, 1.54) is 50.0 Å². The zero-order valence-corrected chi connectivity index (χ0v) is 15.2. The Bertz CT molecular complexity index is 550. The Morgan fingerprint density at radius 1 is 1.33 bits per heavy atom. The highest BCUT2D eigenvalue weighted by Gasteiger charge is 2.27. The van der Waals surface area contributed by atoms with Gasteiger partial charge in [0.1, 0.15) is 0 Å². The summed E-state index contributed by atoms with van der Waals surface area (Å²) in [6.45, 7) is 9.19. The van der Waals surface area contributed by atoms with Gasteiger partial charge in [-0.05, 0) is 68.8 Å². The first kappa shape index (κ1) is 17.2. The molecule has 0 spiro atoms. The van der Waals surface area contributed by atoms with Crippen molar-refractivity contribution in [2.24, 2.45) is 10.9 Å². The highest BCUT2D eigenvalue weighted by molar-refractivity contribution is 5.80. The van der Waals surface area contributed by atoms with Gasteiger partial charge in [0.2, 0.25) is 0 Å². The van der Waals surface area contributed by atoms with Crippen LogP contribution in [0.5, 0.6) is 0 Å². The van der Waals surface area contributed by atoms with Crippen molar-refractivity contribution in [3.63, 3.8) is 0 Å². The third kappa shape index (κ3) is 4.47. The van der Waals surface area contributed by atoms with E-state index in [-0.39, 0.29) is 0 Å². The van der Waals surface area contributed by atoms with E-state index in [1.54, 1.807) is 0 Å². The Balaban J connectivity index is 1.44. The zero-order chi connectivity index (χ0) is 16.8. The molecule has 0 saturated carbocycles. The minimum atomic E-state index is 0.795. The van der Waals surface area contributed by atoms with Gasteiger partial charge in [-0.15, -0.1) is 0 Å². The summed E-state index contributed by atoms with van der Waals surface area (Å²) in [6.07, 6.45) is 8.88. The Hall–Kier alpha value is -1.62. The minimum absolute atomic E-state index is 0.795. The molecule has 1 aromatic rings. The van der Waals surface area contributed by atoms with Crippen LogP contribution in [0.3, 0.4) is 0 Å². The minimum Gasteiger partial charge on any atom is -0.356 e. The molecule has 2 aliphatic heterocycles. The van der Waals surface area contributed by atoms with Crippen molar-refractivity contribution in [3.8, 4) is 0 Å². The molecule has 132 valence electrons. The second-order valence-electron chi connectivity index (χ2n) is 7.13. The van der Waals surface area contributed by atoms with E-state index in [2.05, 4.69) is 38.1 Å². The molecule has 1 atom stereocenters. The molecule has 5 nitrogen and oxygen atoms in total. The lowest BCUT2D eigenvalue weighted by atomic mass is 10.1. The van der Waals surface area contributed by atoms with Crippen molar-refractivity contribution in [1.82, 2.24) is 20.1 Å². The normalized spacial score (nSPS) is 22.3. The molecule has 0 aromatic carbocycles. The molecule has 24 heavy (non-hydrogen) atoms. The molecule has 0 aliphatic carbocycles. The van der Waals surface area contributed by atoms with Crippen LogP contribution >= 0.6 is 0 Å². The molecule has 1 unspecified atom stereocenters. The summed E-state index contributed by atoms with van der Waals surface area (Å²) in [4.78, 5) is 13.7. The monoisotopic (exact) mass is 329 g/mol. The van der Waals surface area contributed by atoms with E-state index < -0.39 is 0 Å². The van der Waals surface area contributed by atoms with Crippen LogP contribution in [0.25, 0.3) is 0 Å². The summed E-state index contributed by atoms with van der Waals surface area (Å²) in [7, 11) is 1.90. The number of pyridine rings is 1. The Labute approximate surface area is 146 Å². The fourth-order valence-electron chi connectivity index (χ4n) is 3.93. The molecule has 2 saturated heterocycles. The van der Waals surface area contributed by atoms with Crippen LogP contribution in [0.2, 0.25) is 0 Å². The maximum Gasteiger partial charge on any atom is 0.193 e. The van der Waals surface area contributed by atoms with Gasteiger partial charge < -0.3 is 15.1 Å². The number of aromatic nitrogens is 1. The highest BCUT2D eigenvalue weighted by atomic mass is 15.3. The number of guanidine groups is 1. The van der Waals surface area contributed by atoms with Crippen molar-refractivity contribution >= 4 is 5.96 Å². The van der Waals surface area contributed by atoms with E-state index in [4.69, 9.17) is 0 Å². The van der Waals surface area contributed by atoms with Crippen molar-refractivity contribution in [2.75, 3.05) is 46.3 Å². The quantitative estimate of drug-likeness (QED) is 0.662. The molecule has 1 N–H and O–H groups in total. The first-order chi connectivity index (χ1) is 11.8. The molecule has 2 fully saturated rings. The average molecular weight is 329 g/mol. The highest BCUT2D eigenvalue weighted by Crippen LogP contribution is 2.20. The lowest BCUT2D eigenvalue weighted by molar-refractivity contribution is 0.281. The molecule has 0 bridgehead atoms. The van der Waals surface area contributed by atoms with Gasteiger partial charge in [0.25, 0.3) is 0 Å². The van der Waals surface area contributed by atoms with Gasteiger partial charge in [-0.2, -0.15) is 0 Å². The van der Waals surface area contributed by atoms with Gasteiger partial charge in [0.05, 0.1) is 0 Å². The summed E-state index contributed by atoms with van der Waals surface area (Å²) >= 11 is 0. The van der Waals surface area contributed by atoms with Crippen molar-refractivity contribution in [3.05, 3.63) is 29.6 Å². The van der Waals surface area contributed by atoms with Crippen molar-refractivity contribution in [2.45, 2.75) is 32.6 Å². The summed E-state index contributed by atoms with van der Waals surface area (Å²) in [5, 5.41) is 3.54. The smallest absolute Gasteiger partial charge is 0.193 e. The van der Waals surface area contributed by atoms with E-state index >= 15 is 0 Å². The third-order valence-electron chi connectivity index (χ3n) is 5.33. The van der Waals surface area contributed by atoms with Crippen LogP contribution in [0.1, 0.15) is 30.4 Å². The first-order valence-corrected chi connectivity index (χ1v) is 9.33. The molecule has 1 aromatic heterocycles. The first-order valence-electron chi connectivity index (χ1n) is 9.33. The van der Waals surface area contributed by atoms with Crippen LogP contribution in [0.4, 0.5) is 0 Å². The molecular weight excluding hydrogens is 298 g/mol. The SMILES string of the molecule is CN=C(NCCc1ccncc1C)N1CCC(CN2CCCC2)C1. The molecule has 0 radical (unpaired) electrons. The maximum atomic E-state index is 4.50. The molecule has 2 aliphatic rings. The van der Waals surface area contributed by atoms with Gasteiger partial charge in [-0.25, -0.2) is 0 Å². The lowest BCUT2D eigenvalue weighted by Crippen LogP contribution is -2.41. The summed E-state index contributed by atoms with van der Waals surface area (Å²) in [5.41, 5.74) is 2.63. The van der Waals surface area contributed by atoms with Crippen LogP contribution in [-0.4, -0.2) is 67.1 Å². The summed E-state index contributed by atoms with van der Waals surface area (Å²) in [6, 6.07) is 2.11. The topological polar surface area (TPSA) is 43.8 Å². The number of aryl methyl sites for hydroxylation is 1.